The average Bonchev–Trinajstić information content (AvgIpc) is 2.59. The van der Waals surface area contributed by atoms with E-state index in [1.807, 2.05) is 13.8 Å². The zero-order valence-corrected chi connectivity index (χ0v) is 11.0. The molecule has 4 nitrogen and oxygen atoms in total. The lowest BCUT2D eigenvalue weighted by Gasteiger charge is -2.03. The molecule has 0 fully saturated rings. The molecule has 1 unspecified atom stereocenters. The average molecular weight is 239 g/mol. The maximum Gasteiger partial charge on any atom is 0.373 e. The first-order valence-electron chi connectivity index (χ1n) is 6.15. The van der Waals surface area contributed by atoms with Crippen molar-refractivity contribution in [3.63, 3.8) is 0 Å². The molecule has 4 heteroatoms. The summed E-state index contributed by atoms with van der Waals surface area (Å²) < 4.78 is 5.34. The van der Waals surface area contributed by atoms with E-state index < -0.39 is 5.97 Å². The Hall–Kier alpha value is -1.32. The predicted octanol–water partition coefficient (Wildman–Crippen LogP) is 3.16. The molecule has 1 N–H and O–H groups in total. The van der Waals surface area contributed by atoms with Crippen molar-refractivity contribution in [1.82, 2.24) is 4.98 Å². The van der Waals surface area contributed by atoms with Gasteiger partial charge in [-0.15, -0.1) is 0 Å². The number of carboxylic acids is 1. The molecule has 1 aromatic heterocycles. The predicted molar refractivity (Wildman–Crippen MR) is 65.2 cm³/mol. The largest absolute Gasteiger partial charge is 0.475 e. The quantitative estimate of drug-likeness (QED) is 0.828. The van der Waals surface area contributed by atoms with Crippen LogP contribution >= 0.6 is 0 Å². The minimum absolute atomic E-state index is 0.0111. The highest BCUT2D eigenvalue weighted by Crippen LogP contribution is 2.18. The second-order valence-corrected chi connectivity index (χ2v) is 5.00. The van der Waals surface area contributed by atoms with Crippen molar-refractivity contribution in [2.24, 2.45) is 11.8 Å². The molecule has 1 heterocycles. The molecule has 0 bridgehead atoms. The van der Waals surface area contributed by atoms with Crippen molar-refractivity contribution in [3.05, 3.63) is 17.3 Å². The Morgan fingerprint density at radius 2 is 2.00 bits per heavy atom. The van der Waals surface area contributed by atoms with Gasteiger partial charge in [-0.3, -0.25) is 0 Å². The molecular formula is C13H21NO3. The molecule has 96 valence electrons. The smallest absolute Gasteiger partial charge is 0.373 e. The maximum absolute atomic E-state index is 11.0. The van der Waals surface area contributed by atoms with Crippen LogP contribution in [0.3, 0.4) is 0 Å². The van der Waals surface area contributed by atoms with Crippen LogP contribution in [0, 0.1) is 11.8 Å². The molecule has 0 aliphatic heterocycles. The van der Waals surface area contributed by atoms with Gasteiger partial charge in [0.15, 0.2) is 5.89 Å². The van der Waals surface area contributed by atoms with Crippen LogP contribution in [0.1, 0.15) is 56.3 Å². The van der Waals surface area contributed by atoms with Gasteiger partial charge in [-0.05, 0) is 18.3 Å². The zero-order chi connectivity index (χ0) is 13.0. The fourth-order valence-corrected chi connectivity index (χ4v) is 1.62. The van der Waals surface area contributed by atoms with Crippen molar-refractivity contribution < 1.29 is 14.3 Å². The van der Waals surface area contributed by atoms with Gasteiger partial charge in [-0.1, -0.05) is 34.1 Å². The minimum atomic E-state index is -1.02. The number of nitrogens with zero attached hydrogens (tertiary/aromatic N) is 1. The van der Waals surface area contributed by atoms with Crippen molar-refractivity contribution in [2.45, 2.75) is 47.0 Å². The van der Waals surface area contributed by atoms with Gasteiger partial charge in [-0.2, -0.15) is 0 Å². The van der Waals surface area contributed by atoms with Crippen molar-refractivity contribution >= 4 is 5.97 Å². The monoisotopic (exact) mass is 239 g/mol. The normalized spacial score (nSPS) is 13.0. The Kier molecular flexibility index (Phi) is 4.73. The van der Waals surface area contributed by atoms with Gasteiger partial charge in [-0.25, -0.2) is 9.78 Å². The van der Waals surface area contributed by atoms with Gasteiger partial charge in [0.05, 0.1) is 5.69 Å². The van der Waals surface area contributed by atoms with E-state index in [1.165, 1.54) is 0 Å². The van der Waals surface area contributed by atoms with E-state index in [0.717, 1.165) is 6.42 Å². The molecule has 17 heavy (non-hydrogen) atoms. The highest BCUT2D eigenvalue weighted by atomic mass is 16.4. The number of aromatic carboxylic acids is 1. The van der Waals surface area contributed by atoms with Crippen LogP contribution in [-0.4, -0.2) is 16.1 Å². The van der Waals surface area contributed by atoms with Crippen LogP contribution < -0.4 is 0 Å². The van der Waals surface area contributed by atoms with Gasteiger partial charge in [0.2, 0.25) is 5.76 Å². The molecule has 0 spiro atoms. The standard InChI is InChI=1S/C13H21NO3/c1-5-9(4)7-11-14-10(6-8(2)3)12(17-11)13(15)16/h8-9H,5-7H2,1-4H3,(H,15,16). The minimum Gasteiger partial charge on any atom is -0.475 e. The molecule has 0 aliphatic rings. The number of rotatable bonds is 6. The fourth-order valence-electron chi connectivity index (χ4n) is 1.62. The number of oxazole rings is 1. The third-order valence-corrected chi connectivity index (χ3v) is 2.76. The molecule has 1 aromatic rings. The molecule has 1 atom stereocenters. The molecule has 0 aliphatic carbocycles. The number of carboxylic acid groups (broad SMARTS) is 1. The lowest BCUT2D eigenvalue weighted by molar-refractivity contribution is 0.0658. The second-order valence-electron chi connectivity index (χ2n) is 5.00. The number of hydrogen-bond acceptors (Lipinski definition) is 3. The van der Waals surface area contributed by atoms with Crippen molar-refractivity contribution in [2.75, 3.05) is 0 Å². The summed E-state index contributed by atoms with van der Waals surface area (Å²) in [4.78, 5) is 15.4. The molecular weight excluding hydrogens is 218 g/mol. The van der Waals surface area contributed by atoms with Crippen LogP contribution in [0.5, 0.6) is 0 Å². The van der Waals surface area contributed by atoms with E-state index >= 15 is 0 Å². The van der Waals surface area contributed by atoms with Crippen molar-refractivity contribution in [1.29, 1.82) is 0 Å². The van der Waals surface area contributed by atoms with Crippen LogP contribution in [0.25, 0.3) is 0 Å². The number of carbonyl (C=O) groups is 1. The Morgan fingerprint density at radius 1 is 1.35 bits per heavy atom. The summed E-state index contributed by atoms with van der Waals surface area (Å²) in [6, 6.07) is 0. The SMILES string of the molecule is CCC(C)Cc1nc(CC(C)C)c(C(=O)O)o1. The summed E-state index contributed by atoms with van der Waals surface area (Å²) in [7, 11) is 0. The summed E-state index contributed by atoms with van der Waals surface area (Å²) in [6.45, 7) is 8.27. The van der Waals surface area contributed by atoms with Crippen LogP contribution in [0.15, 0.2) is 4.42 Å². The highest BCUT2D eigenvalue weighted by Gasteiger charge is 2.20. The van der Waals surface area contributed by atoms with E-state index in [2.05, 4.69) is 18.8 Å². The van der Waals surface area contributed by atoms with Gasteiger partial charge < -0.3 is 9.52 Å². The molecule has 0 aromatic carbocycles. The Balaban J connectivity index is 2.91. The lowest BCUT2D eigenvalue weighted by atomic mass is 10.1. The Bertz CT molecular complexity index is 382. The van der Waals surface area contributed by atoms with Gasteiger partial charge in [0.1, 0.15) is 0 Å². The molecule has 0 saturated carbocycles. The van der Waals surface area contributed by atoms with E-state index in [1.54, 1.807) is 0 Å². The van der Waals surface area contributed by atoms with E-state index in [9.17, 15) is 4.79 Å². The molecule has 0 radical (unpaired) electrons. The summed E-state index contributed by atoms with van der Waals surface area (Å²) in [5, 5.41) is 9.05. The third kappa shape index (κ3) is 3.88. The topological polar surface area (TPSA) is 63.3 Å². The van der Waals surface area contributed by atoms with Crippen molar-refractivity contribution in [3.8, 4) is 0 Å². The van der Waals surface area contributed by atoms with E-state index in [0.29, 0.717) is 36.3 Å². The summed E-state index contributed by atoms with van der Waals surface area (Å²) in [5.41, 5.74) is 0.575. The summed E-state index contributed by atoms with van der Waals surface area (Å²) >= 11 is 0. The first-order valence-corrected chi connectivity index (χ1v) is 6.15. The van der Waals surface area contributed by atoms with E-state index in [-0.39, 0.29) is 5.76 Å². The lowest BCUT2D eigenvalue weighted by Crippen LogP contribution is -2.03. The van der Waals surface area contributed by atoms with Gasteiger partial charge in [0.25, 0.3) is 0 Å². The molecule has 0 amide bonds. The Labute approximate surface area is 102 Å². The number of hydrogen-bond donors (Lipinski definition) is 1. The number of aromatic nitrogens is 1. The van der Waals surface area contributed by atoms with Gasteiger partial charge >= 0.3 is 5.97 Å². The summed E-state index contributed by atoms with van der Waals surface area (Å²) in [5.74, 6) is 0.366. The van der Waals surface area contributed by atoms with Crippen LogP contribution in [-0.2, 0) is 12.8 Å². The molecule has 0 saturated heterocycles. The van der Waals surface area contributed by atoms with E-state index in [4.69, 9.17) is 9.52 Å². The first-order chi connectivity index (χ1) is 7.93. The maximum atomic E-state index is 11.0. The fraction of sp³-hybridized carbons (Fsp3) is 0.692. The third-order valence-electron chi connectivity index (χ3n) is 2.76. The van der Waals surface area contributed by atoms with Crippen LogP contribution in [0.2, 0.25) is 0 Å². The first kappa shape index (κ1) is 13.7. The van der Waals surface area contributed by atoms with Crippen LogP contribution in [0.4, 0.5) is 0 Å². The molecule has 1 rings (SSSR count). The van der Waals surface area contributed by atoms with Gasteiger partial charge in [0, 0.05) is 6.42 Å². The summed E-state index contributed by atoms with van der Waals surface area (Å²) in [6.07, 6.45) is 2.38. The zero-order valence-electron chi connectivity index (χ0n) is 11.0. The second kappa shape index (κ2) is 5.84. The highest BCUT2D eigenvalue weighted by molar-refractivity contribution is 5.85. The Morgan fingerprint density at radius 3 is 2.47 bits per heavy atom.